The molecule has 0 aliphatic carbocycles. The van der Waals surface area contributed by atoms with E-state index in [1.54, 1.807) is 13.3 Å². The molecule has 0 radical (unpaired) electrons. The molecule has 1 aliphatic rings. The monoisotopic (exact) mass is 293 g/mol. The molecule has 1 unspecified atom stereocenters. The van der Waals surface area contributed by atoms with Gasteiger partial charge in [-0.15, -0.1) is 0 Å². The Kier molecular flexibility index (Phi) is 4.91. The molecular formula is C15H23N3OS. The van der Waals surface area contributed by atoms with E-state index in [0.29, 0.717) is 16.5 Å². The third kappa shape index (κ3) is 4.71. The number of amidine groups is 1. The highest BCUT2D eigenvalue weighted by molar-refractivity contribution is 8.14. The largest absolute Gasteiger partial charge is 0.481 e. The molecule has 0 saturated carbocycles. The maximum Gasteiger partial charge on any atom is 0.213 e. The molecule has 0 amide bonds. The number of ether oxygens (including phenoxy) is 1. The highest BCUT2D eigenvalue weighted by Crippen LogP contribution is 2.31. The average molecular weight is 293 g/mol. The summed E-state index contributed by atoms with van der Waals surface area (Å²) in [6.45, 7) is 8.52. The van der Waals surface area contributed by atoms with Crippen molar-refractivity contribution >= 4 is 16.9 Å². The van der Waals surface area contributed by atoms with Crippen LogP contribution in [0.2, 0.25) is 0 Å². The Labute approximate surface area is 125 Å². The second-order valence-electron chi connectivity index (χ2n) is 6.21. The number of thioether (sulfide) groups is 1. The van der Waals surface area contributed by atoms with Gasteiger partial charge in [0.05, 0.1) is 13.7 Å². The molecule has 1 aromatic rings. The van der Waals surface area contributed by atoms with E-state index in [-0.39, 0.29) is 0 Å². The third-order valence-corrected chi connectivity index (χ3v) is 4.15. The van der Waals surface area contributed by atoms with Gasteiger partial charge in [0.25, 0.3) is 0 Å². The van der Waals surface area contributed by atoms with E-state index < -0.39 is 0 Å². The molecule has 20 heavy (non-hydrogen) atoms. The molecule has 1 aliphatic heterocycles. The molecule has 1 aromatic heterocycles. The zero-order valence-corrected chi connectivity index (χ0v) is 13.5. The first-order valence-electron chi connectivity index (χ1n) is 6.90. The summed E-state index contributed by atoms with van der Waals surface area (Å²) < 4.78 is 5.12. The van der Waals surface area contributed by atoms with E-state index in [1.807, 2.05) is 23.9 Å². The van der Waals surface area contributed by atoms with Crippen molar-refractivity contribution in [1.29, 1.82) is 0 Å². The molecule has 0 saturated heterocycles. The number of nitrogens with zero attached hydrogens (tertiary/aromatic N) is 2. The molecule has 5 heteroatoms. The molecule has 0 spiro atoms. The van der Waals surface area contributed by atoms with Crippen LogP contribution < -0.4 is 10.1 Å². The molecule has 0 bridgehead atoms. The van der Waals surface area contributed by atoms with Crippen molar-refractivity contribution in [1.82, 2.24) is 10.3 Å². The van der Waals surface area contributed by atoms with Gasteiger partial charge in [-0.05, 0) is 23.5 Å². The van der Waals surface area contributed by atoms with Crippen molar-refractivity contribution in [3.8, 4) is 5.88 Å². The van der Waals surface area contributed by atoms with Crippen molar-refractivity contribution < 1.29 is 4.74 Å². The molecule has 1 atom stereocenters. The van der Waals surface area contributed by atoms with Crippen molar-refractivity contribution in [2.45, 2.75) is 39.0 Å². The normalized spacial score (nSPS) is 18.8. The van der Waals surface area contributed by atoms with Gasteiger partial charge in [-0.25, -0.2) is 4.98 Å². The summed E-state index contributed by atoms with van der Waals surface area (Å²) in [7, 11) is 1.63. The van der Waals surface area contributed by atoms with Gasteiger partial charge in [0.2, 0.25) is 5.88 Å². The van der Waals surface area contributed by atoms with Crippen molar-refractivity contribution in [3.05, 3.63) is 23.9 Å². The highest BCUT2D eigenvalue weighted by atomic mass is 32.2. The Hall–Kier alpha value is -1.23. The lowest BCUT2D eigenvalue weighted by Gasteiger charge is -2.21. The van der Waals surface area contributed by atoms with Crippen molar-refractivity contribution in [2.75, 3.05) is 13.7 Å². The number of hydrogen-bond acceptors (Lipinski definition) is 5. The van der Waals surface area contributed by atoms with Gasteiger partial charge in [-0.3, -0.25) is 4.99 Å². The van der Waals surface area contributed by atoms with Crippen LogP contribution in [0.5, 0.6) is 5.88 Å². The van der Waals surface area contributed by atoms with Gasteiger partial charge in [-0.2, -0.15) is 0 Å². The fraction of sp³-hybridized carbons (Fsp3) is 0.600. The van der Waals surface area contributed by atoms with Crippen LogP contribution in [0, 0.1) is 5.41 Å². The van der Waals surface area contributed by atoms with Crippen LogP contribution in [-0.4, -0.2) is 29.1 Å². The zero-order chi connectivity index (χ0) is 14.6. The lowest BCUT2D eigenvalue weighted by molar-refractivity contribution is 0.375. The summed E-state index contributed by atoms with van der Waals surface area (Å²) in [6.07, 6.45) is 2.96. The summed E-state index contributed by atoms with van der Waals surface area (Å²) in [6, 6.07) is 3.93. The van der Waals surface area contributed by atoms with E-state index in [2.05, 4.69) is 36.1 Å². The smallest absolute Gasteiger partial charge is 0.213 e. The van der Waals surface area contributed by atoms with Gasteiger partial charge < -0.3 is 10.1 Å². The van der Waals surface area contributed by atoms with E-state index >= 15 is 0 Å². The summed E-state index contributed by atoms with van der Waals surface area (Å²) in [5.41, 5.74) is 1.51. The number of aliphatic imine (C=N–C) groups is 1. The number of pyridine rings is 1. The van der Waals surface area contributed by atoms with Gasteiger partial charge in [-0.1, -0.05) is 32.5 Å². The van der Waals surface area contributed by atoms with Crippen LogP contribution in [0.1, 0.15) is 32.8 Å². The maximum absolute atomic E-state index is 5.12. The van der Waals surface area contributed by atoms with Crippen LogP contribution in [0.3, 0.4) is 0 Å². The Morgan fingerprint density at radius 3 is 2.95 bits per heavy atom. The molecule has 1 N–H and O–H groups in total. The second kappa shape index (κ2) is 6.48. The quantitative estimate of drug-likeness (QED) is 0.926. The number of aromatic nitrogens is 1. The topological polar surface area (TPSA) is 46.5 Å². The average Bonchev–Trinajstić information content (AvgIpc) is 2.82. The van der Waals surface area contributed by atoms with E-state index in [4.69, 9.17) is 4.74 Å². The second-order valence-corrected chi connectivity index (χ2v) is 7.50. The Balaban J connectivity index is 1.81. The SMILES string of the molecule is COc1cc(CNC2=NCC(CC(C)(C)C)S2)ccn1. The van der Waals surface area contributed by atoms with E-state index in [0.717, 1.165) is 23.8 Å². The van der Waals surface area contributed by atoms with Gasteiger partial charge in [0.1, 0.15) is 0 Å². The summed E-state index contributed by atoms with van der Waals surface area (Å²) in [5, 5.41) is 5.05. The van der Waals surface area contributed by atoms with Crippen LogP contribution >= 0.6 is 11.8 Å². The maximum atomic E-state index is 5.12. The minimum absolute atomic E-state index is 0.362. The van der Waals surface area contributed by atoms with E-state index in [9.17, 15) is 0 Å². The predicted octanol–water partition coefficient (Wildman–Crippen LogP) is 3.09. The fourth-order valence-corrected chi connectivity index (χ4v) is 3.51. The van der Waals surface area contributed by atoms with Crippen molar-refractivity contribution in [3.63, 3.8) is 0 Å². The fourth-order valence-electron chi connectivity index (χ4n) is 2.15. The first kappa shape index (κ1) is 15.2. The molecular weight excluding hydrogens is 270 g/mol. The molecule has 0 fully saturated rings. The molecule has 0 aromatic carbocycles. The minimum Gasteiger partial charge on any atom is -0.481 e. The molecule has 2 rings (SSSR count). The van der Waals surface area contributed by atoms with Crippen LogP contribution in [0.15, 0.2) is 23.3 Å². The number of hydrogen-bond donors (Lipinski definition) is 1. The molecule has 4 nitrogen and oxygen atoms in total. The third-order valence-electron chi connectivity index (χ3n) is 3.01. The lowest BCUT2D eigenvalue weighted by Crippen LogP contribution is -2.20. The Morgan fingerprint density at radius 1 is 1.45 bits per heavy atom. The van der Waals surface area contributed by atoms with Crippen LogP contribution in [0.25, 0.3) is 0 Å². The number of rotatable bonds is 4. The van der Waals surface area contributed by atoms with Crippen LogP contribution in [0.4, 0.5) is 0 Å². The highest BCUT2D eigenvalue weighted by Gasteiger charge is 2.24. The summed E-state index contributed by atoms with van der Waals surface area (Å²) in [4.78, 5) is 8.69. The van der Waals surface area contributed by atoms with Gasteiger partial charge in [0, 0.05) is 24.1 Å². The standard InChI is InChI=1S/C15H23N3OS/c1-15(2,3)8-12-10-18-14(20-12)17-9-11-5-6-16-13(7-11)19-4/h5-7,12H,8-10H2,1-4H3,(H,17,18). The zero-order valence-electron chi connectivity index (χ0n) is 12.6. The van der Waals surface area contributed by atoms with E-state index in [1.165, 1.54) is 6.42 Å². The van der Waals surface area contributed by atoms with Gasteiger partial charge in [0.15, 0.2) is 5.17 Å². The Bertz CT molecular complexity index is 482. The summed E-state index contributed by atoms with van der Waals surface area (Å²) >= 11 is 1.86. The first-order valence-corrected chi connectivity index (χ1v) is 7.78. The number of methoxy groups -OCH3 is 1. The van der Waals surface area contributed by atoms with Crippen molar-refractivity contribution in [2.24, 2.45) is 10.4 Å². The number of nitrogens with one attached hydrogen (secondary N) is 1. The molecule has 2 heterocycles. The van der Waals surface area contributed by atoms with Crippen LogP contribution in [-0.2, 0) is 6.54 Å². The molecule has 110 valence electrons. The lowest BCUT2D eigenvalue weighted by atomic mass is 9.90. The van der Waals surface area contributed by atoms with Gasteiger partial charge >= 0.3 is 0 Å². The predicted molar refractivity (Wildman–Crippen MR) is 85.4 cm³/mol. The minimum atomic E-state index is 0.362. The Morgan fingerprint density at radius 2 is 2.25 bits per heavy atom. The summed E-state index contributed by atoms with van der Waals surface area (Å²) in [5.74, 6) is 0.649. The first-order chi connectivity index (χ1) is 9.46.